The van der Waals surface area contributed by atoms with Gasteiger partial charge in [-0.25, -0.2) is 13.2 Å². The van der Waals surface area contributed by atoms with E-state index in [1.807, 2.05) is 0 Å². The minimum absolute atomic E-state index is 0.0163. The molecular weight excluding hydrogens is 339 g/mol. The zero-order chi connectivity index (χ0) is 15.8. The molecule has 0 saturated heterocycles. The van der Waals surface area contributed by atoms with Gasteiger partial charge in [-0.05, 0) is 18.2 Å². The van der Waals surface area contributed by atoms with E-state index < -0.39 is 21.6 Å². The smallest absolute Gasteiger partial charge is 0.339 e. The lowest BCUT2D eigenvalue weighted by atomic mass is 10.2. The van der Waals surface area contributed by atoms with E-state index in [1.165, 1.54) is 24.4 Å². The van der Waals surface area contributed by atoms with Crippen LogP contribution in [0.25, 0.3) is 0 Å². The zero-order valence-electron chi connectivity index (χ0n) is 10.7. The van der Waals surface area contributed by atoms with Crippen LogP contribution >= 0.6 is 23.2 Å². The van der Waals surface area contributed by atoms with Gasteiger partial charge in [0.15, 0.2) is 0 Å². The van der Waals surface area contributed by atoms with Crippen LogP contribution in [0.15, 0.2) is 35.5 Å². The van der Waals surface area contributed by atoms with Crippen molar-refractivity contribution in [1.29, 1.82) is 0 Å². The van der Waals surface area contributed by atoms with E-state index in [0.717, 1.165) is 0 Å². The Kier molecular flexibility index (Phi) is 4.18. The van der Waals surface area contributed by atoms with Gasteiger partial charge in [0.25, 0.3) is 10.0 Å². The molecule has 0 radical (unpaired) electrons. The molecule has 0 aliphatic rings. The number of carboxylic acid groups (broad SMARTS) is 1. The zero-order valence-corrected chi connectivity index (χ0v) is 13.0. The maximum Gasteiger partial charge on any atom is 0.339 e. The standard InChI is InChI=1S/C12H10Cl2N2O4S/c1-16-5-4-7(6-16)21(19,20)15-11-9(14)3-2-8(13)10(11)12(17)18/h2-6,15H,1H3,(H,17,18). The Balaban J connectivity index is 2.54. The van der Waals surface area contributed by atoms with Crippen molar-refractivity contribution in [2.45, 2.75) is 4.90 Å². The molecule has 9 heteroatoms. The average molecular weight is 349 g/mol. The van der Waals surface area contributed by atoms with Gasteiger partial charge in [-0.2, -0.15) is 0 Å². The van der Waals surface area contributed by atoms with Crippen molar-refractivity contribution in [3.63, 3.8) is 0 Å². The number of sulfonamides is 1. The van der Waals surface area contributed by atoms with E-state index in [0.29, 0.717) is 0 Å². The number of carbonyl (C=O) groups is 1. The topological polar surface area (TPSA) is 88.4 Å². The Labute approximate surface area is 131 Å². The van der Waals surface area contributed by atoms with Crippen molar-refractivity contribution in [3.05, 3.63) is 46.2 Å². The number of carboxylic acids is 1. The van der Waals surface area contributed by atoms with Crippen LogP contribution in [0.1, 0.15) is 10.4 Å². The number of halogens is 2. The van der Waals surface area contributed by atoms with Crippen LogP contribution in [0, 0.1) is 0 Å². The largest absolute Gasteiger partial charge is 0.478 e. The summed E-state index contributed by atoms with van der Waals surface area (Å²) in [6.45, 7) is 0. The molecular formula is C12H10Cl2N2O4S. The molecule has 0 bridgehead atoms. The molecule has 21 heavy (non-hydrogen) atoms. The molecule has 1 aromatic carbocycles. The van der Waals surface area contributed by atoms with Crippen LogP contribution in [0.2, 0.25) is 10.0 Å². The highest BCUT2D eigenvalue weighted by Crippen LogP contribution is 2.33. The van der Waals surface area contributed by atoms with Crippen LogP contribution in [-0.4, -0.2) is 24.1 Å². The number of aromatic nitrogens is 1. The third-order valence-corrected chi connectivity index (χ3v) is 4.63. The van der Waals surface area contributed by atoms with Gasteiger partial charge >= 0.3 is 5.97 Å². The predicted molar refractivity (Wildman–Crippen MR) is 79.6 cm³/mol. The van der Waals surface area contributed by atoms with E-state index in [-0.39, 0.29) is 20.6 Å². The maximum atomic E-state index is 12.2. The van der Waals surface area contributed by atoms with Gasteiger partial charge in [0.2, 0.25) is 0 Å². The number of aromatic carboxylic acids is 1. The molecule has 0 fully saturated rings. The second-order valence-electron chi connectivity index (χ2n) is 4.20. The number of hydrogen-bond acceptors (Lipinski definition) is 3. The fraction of sp³-hybridized carbons (Fsp3) is 0.0833. The lowest BCUT2D eigenvalue weighted by Crippen LogP contribution is -2.16. The second-order valence-corrected chi connectivity index (χ2v) is 6.70. The molecule has 0 aliphatic carbocycles. The quantitative estimate of drug-likeness (QED) is 0.888. The maximum absolute atomic E-state index is 12.2. The minimum atomic E-state index is -3.97. The van der Waals surface area contributed by atoms with E-state index in [4.69, 9.17) is 28.3 Å². The number of nitrogens with one attached hydrogen (secondary N) is 1. The first-order valence-corrected chi connectivity index (χ1v) is 7.82. The first-order valence-electron chi connectivity index (χ1n) is 5.58. The Morgan fingerprint density at radius 3 is 2.38 bits per heavy atom. The van der Waals surface area contributed by atoms with Gasteiger partial charge in [0.05, 0.1) is 15.7 Å². The molecule has 0 amide bonds. The van der Waals surface area contributed by atoms with Gasteiger partial charge in [-0.1, -0.05) is 23.2 Å². The summed E-state index contributed by atoms with van der Waals surface area (Å²) < 4.78 is 28.2. The fourth-order valence-electron chi connectivity index (χ4n) is 1.69. The van der Waals surface area contributed by atoms with Crippen LogP contribution in [-0.2, 0) is 17.1 Å². The van der Waals surface area contributed by atoms with Gasteiger partial charge in [-0.3, -0.25) is 4.72 Å². The molecule has 0 saturated carbocycles. The summed E-state index contributed by atoms with van der Waals surface area (Å²) in [5.74, 6) is -1.38. The van der Waals surface area contributed by atoms with E-state index in [1.54, 1.807) is 17.8 Å². The average Bonchev–Trinajstić information content (AvgIpc) is 2.81. The summed E-state index contributed by atoms with van der Waals surface area (Å²) in [6.07, 6.45) is 2.92. The molecule has 1 aromatic heterocycles. The summed E-state index contributed by atoms with van der Waals surface area (Å²) in [7, 11) is -2.30. The van der Waals surface area contributed by atoms with Gasteiger partial charge in [-0.15, -0.1) is 0 Å². The Hall–Kier alpha value is -1.70. The molecule has 6 nitrogen and oxygen atoms in total. The monoisotopic (exact) mass is 348 g/mol. The summed E-state index contributed by atoms with van der Waals surface area (Å²) in [6, 6.07) is 3.98. The van der Waals surface area contributed by atoms with Crippen molar-refractivity contribution < 1.29 is 18.3 Å². The molecule has 0 spiro atoms. The molecule has 0 unspecified atom stereocenters. The molecule has 2 N–H and O–H groups in total. The first-order chi connectivity index (χ1) is 9.72. The number of nitrogens with zero attached hydrogens (tertiary/aromatic N) is 1. The van der Waals surface area contributed by atoms with E-state index in [2.05, 4.69) is 4.72 Å². The van der Waals surface area contributed by atoms with Crippen molar-refractivity contribution in [1.82, 2.24) is 4.57 Å². The van der Waals surface area contributed by atoms with Crippen LogP contribution < -0.4 is 4.72 Å². The summed E-state index contributed by atoms with van der Waals surface area (Å²) >= 11 is 11.7. The molecule has 2 aromatic rings. The molecule has 1 heterocycles. The molecule has 2 rings (SSSR count). The normalized spacial score (nSPS) is 11.4. The van der Waals surface area contributed by atoms with Gasteiger partial charge in [0.1, 0.15) is 10.5 Å². The summed E-state index contributed by atoms with van der Waals surface area (Å²) in [4.78, 5) is 11.2. The predicted octanol–water partition coefficient (Wildman–Crippen LogP) is 2.83. The summed E-state index contributed by atoms with van der Waals surface area (Å²) in [5, 5.41) is 8.99. The number of aryl methyl sites for hydroxylation is 1. The third-order valence-electron chi connectivity index (χ3n) is 2.67. The highest BCUT2D eigenvalue weighted by Gasteiger charge is 2.23. The van der Waals surface area contributed by atoms with Crippen molar-refractivity contribution in [2.24, 2.45) is 7.05 Å². The SMILES string of the molecule is Cn1ccc(S(=O)(=O)Nc2c(Cl)ccc(Cl)c2C(=O)O)c1. The third kappa shape index (κ3) is 3.15. The minimum Gasteiger partial charge on any atom is -0.478 e. The Bertz CT molecular complexity index is 815. The highest BCUT2D eigenvalue weighted by atomic mass is 35.5. The Morgan fingerprint density at radius 1 is 1.24 bits per heavy atom. The van der Waals surface area contributed by atoms with Crippen molar-refractivity contribution in [2.75, 3.05) is 4.72 Å². The second kappa shape index (κ2) is 5.59. The highest BCUT2D eigenvalue weighted by molar-refractivity contribution is 7.92. The van der Waals surface area contributed by atoms with Crippen LogP contribution in [0.4, 0.5) is 5.69 Å². The van der Waals surface area contributed by atoms with E-state index >= 15 is 0 Å². The number of hydrogen-bond donors (Lipinski definition) is 2. The molecule has 0 atom stereocenters. The van der Waals surface area contributed by atoms with Crippen LogP contribution in [0.5, 0.6) is 0 Å². The van der Waals surface area contributed by atoms with Gasteiger partial charge in [0, 0.05) is 19.4 Å². The number of benzene rings is 1. The van der Waals surface area contributed by atoms with Crippen molar-refractivity contribution in [3.8, 4) is 0 Å². The Morgan fingerprint density at radius 2 is 1.86 bits per heavy atom. The van der Waals surface area contributed by atoms with Crippen molar-refractivity contribution >= 4 is 44.9 Å². The van der Waals surface area contributed by atoms with E-state index in [9.17, 15) is 13.2 Å². The van der Waals surface area contributed by atoms with Crippen LogP contribution in [0.3, 0.4) is 0 Å². The molecule has 0 aliphatic heterocycles. The molecule has 112 valence electrons. The lowest BCUT2D eigenvalue weighted by molar-refractivity contribution is 0.0698. The number of anilines is 1. The first kappa shape index (κ1) is 15.7. The van der Waals surface area contributed by atoms with Gasteiger partial charge < -0.3 is 9.67 Å². The number of rotatable bonds is 4. The summed E-state index contributed by atoms with van der Waals surface area (Å²) in [5.41, 5.74) is -0.663. The fourth-order valence-corrected chi connectivity index (χ4v) is 3.33. The lowest BCUT2D eigenvalue weighted by Gasteiger charge is -2.12.